The molecule has 1 amide bonds. The summed E-state index contributed by atoms with van der Waals surface area (Å²) in [4.78, 5) is 25.3. The Hall–Kier alpha value is -2.28. The van der Waals surface area contributed by atoms with Gasteiger partial charge in [0.15, 0.2) is 18.1 Å². The Kier molecular flexibility index (Phi) is 6.25. The van der Waals surface area contributed by atoms with Gasteiger partial charge >= 0.3 is 5.97 Å². The molecular weight excluding hydrogens is 326 g/mol. The second-order valence-corrected chi connectivity index (χ2v) is 6.16. The molecule has 0 aliphatic carbocycles. The van der Waals surface area contributed by atoms with E-state index in [1.54, 1.807) is 23.1 Å². The minimum absolute atomic E-state index is 0.103. The maximum absolute atomic E-state index is 12.8. The molecule has 7 heteroatoms. The lowest BCUT2D eigenvalue weighted by atomic mass is 10.0. The minimum Gasteiger partial charge on any atom is -0.490 e. The topological polar surface area (TPSA) is 85.3 Å². The predicted molar refractivity (Wildman–Crippen MR) is 91.3 cm³/mol. The summed E-state index contributed by atoms with van der Waals surface area (Å²) in [7, 11) is 0. The van der Waals surface area contributed by atoms with Gasteiger partial charge in [-0.05, 0) is 38.5 Å². The molecule has 1 aliphatic rings. The van der Waals surface area contributed by atoms with Crippen LogP contribution in [0.2, 0.25) is 0 Å². The summed E-state index contributed by atoms with van der Waals surface area (Å²) in [5.74, 6) is -0.509. The van der Waals surface area contributed by atoms with Crippen LogP contribution in [-0.2, 0) is 9.53 Å². The number of amides is 1. The lowest BCUT2D eigenvalue weighted by Gasteiger charge is -2.40. The third-order valence-electron chi connectivity index (χ3n) is 4.21. The van der Waals surface area contributed by atoms with Crippen molar-refractivity contribution in [2.24, 2.45) is 0 Å². The van der Waals surface area contributed by atoms with E-state index in [9.17, 15) is 9.59 Å². The fourth-order valence-corrected chi connectivity index (χ4v) is 2.67. The van der Waals surface area contributed by atoms with Gasteiger partial charge < -0.3 is 24.2 Å². The number of carbonyl (C=O) groups excluding carboxylic acids is 1. The van der Waals surface area contributed by atoms with Crippen LogP contribution in [0.4, 0.5) is 0 Å². The number of rotatable bonds is 7. The van der Waals surface area contributed by atoms with Crippen LogP contribution < -0.4 is 9.47 Å². The number of nitrogens with zero attached hydrogens (tertiary/aromatic N) is 1. The van der Waals surface area contributed by atoms with Crippen LogP contribution in [0.1, 0.15) is 37.6 Å². The number of hydrogen-bond acceptors (Lipinski definition) is 5. The van der Waals surface area contributed by atoms with Gasteiger partial charge in [-0.3, -0.25) is 4.79 Å². The number of carboxylic acid groups (broad SMARTS) is 1. The molecule has 138 valence electrons. The first-order valence-corrected chi connectivity index (χ1v) is 8.43. The summed E-state index contributed by atoms with van der Waals surface area (Å²) in [6.07, 6.45) is 0.822. The first-order valence-electron chi connectivity index (χ1n) is 8.43. The van der Waals surface area contributed by atoms with Gasteiger partial charge in [0.1, 0.15) is 0 Å². The van der Waals surface area contributed by atoms with Crippen LogP contribution in [0.5, 0.6) is 11.5 Å². The largest absolute Gasteiger partial charge is 0.490 e. The fourth-order valence-electron chi connectivity index (χ4n) is 2.67. The Morgan fingerprint density at radius 2 is 2.04 bits per heavy atom. The van der Waals surface area contributed by atoms with Gasteiger partial charge in [0, 0.05) is 18.7 Å². The average Bonchev–Trinajstić information content (AvgIpc) is 2.60. The molecule has 1 N–H and O–H groups in total. The summed E-state index contributed by atoms with van der Waals surface area (Å²) < 4.78 is 16.5. The monoisotopic (exact) mass is 351 g/mol. The first-order chi connectivity index (χ1) is 11.9. The summed E-state index contributed by atoms with van der Waals surface area (Å²) in [5, 5.41) is 8.74. The van der Waals surface area contributed by atoms with Crippen molar-refractivity contribution in [3.05, 3.63) is 23.8 Å². The minimum atomic E-state index is -1.07. The molecule has 1 saturated heterocycles. The SMILES string of the molecule is CCOc1cc(C(=O)N2CCOC(C)(CC)C2)ccc1OCC(=O)O. The van der Waals surface area contributed by atoms with Crippen molar-refractivity contribution in [1.82, 2.24) is 4.90 Å². The van der Waals surface area contributed by atoms with Crippen molar-refractivity contribution < 1.29 is 28.9 Å². The Labute approximate surface area is 147 Å². The molecule has 0 bridgehead atoms. The summed E-state index contributed by atoms with van der Waals surface area (Å²) >= 11 is 0. The van der Waals surface area contributed by atoms with Crippen molar-refractivity contribution in [3.8, 4) is 11.5 Å². The Bertz CT molecular complexity index is 632. The third-order valence-corrected chi connectivity index (χ3v) is 4.21. The Balaban J connectivity index is 2.19. The molecule has 0 radical (unpaired) electrons. The molecule has 25 heavy (non-hydrogen) atoms. The number of carbonyl (C=O) groups is 2. The smallest absolute Gasteiger partial charge is 0.341 e. The maximum Gasteiger partial charge on any atom is 0.341 e. The van der Waals surface area contributed by atoms with Crippen LogP contribution >= 0.6 is 0 Å². The van der Waals surface area contributed by atoms with E-state index in [0.717, 1.165) is 6.42 Å². The predicted octanol–water partition coefficient (Wildman–Crippen LogP) is 2.19. The van der Waals surface area contributed by atoms with E-state index < -0.39 is 12.6 Å². The van der Waals surface area contributed by atoms with Crippen molar-refractivity contribution in [1.29, 1.82) is 0 Å². The maximum atomic E-state index is 12.8. The molecule has 2 rings (SSSR count). The zero-order valence-corrected chi connectivity index (χ0v) is 14.9. The molecule has 0 saturated carbocycles. The van der Waals surface area contributed by atoms with E-state index in [1.807, 2.05) is 20.8 Å². The number of aliphatic carboxylic acids is 1. The second-order valence-electron chi connectivity index (χ2n) is 6.16. The van der Waals surface area contributed by atoms with E-state index in [-0.39, 0.29) is 11.5 Å². The van der Waals surface area contributed by atoms with Gasteiger partial charge in [-0.1, -0.05) is 6.92 Å². The van der Waals surface area contributed by atoms with Crippen LogP contribution in [0, 0.1) is 0 Å². The van der Waals surface area contributed by atoms with Crippen LogP contribution in [0.25, 0.3) is 0 Å². The number of ether oxygens (including phenoxy) is 3. The standard InChI is InChI=1S/C18H25NO6/c1-4-18(3)12-19(8-9-25-18)17(22)13-6-7-14(24-11-16(20)21)15(10-13)23-5-2/h6-7,10H,4-5,8-9,11-12H2,1-3H3,(H,20,21). The van der Waals surface area contributed by atoms with Crippen molar-refractivity contribution in [2.45, 2.75) is 32.8 Å². The van der Waals surface area contributed by atoms with Gasteiger partial charge in [-0.2, -0.15) is 0 Å². The van der Waals surface area contributed by atoms with E-state index in [2.05, 4.69) is 0 Å². The van der Waals surface area contributed by atoms with E-state index in [0.29, 0.717) is 43.4 Å². The first kappa shape index (κ1) is 19.1. The molecule has 0 spiro atoms. The average molecular weight is 351 g/mol. The van der Waals surface area contributed by atoms with Crippen molar-refractivity contribution in [2.75, 3.05) is 32.9 Å². The molecule has 1 unspecified atom stereocenters. The summed E-state index contributed by atoms with van der Waals surface area (Å²) in [6.45, 7) is 7.34. The Morgan fingerprint density at radius 1 is 1.28 bits per heavy atom. The normalized spacial score (nSPS) is 20.2. The molecule has 1 fully saturated rings. The van der Waals surface area contributed by atoms with Crippen LogP contribution in [0.15, 0.2) is 18.2 Å². The van der Waals surface area contributed by atoms with Gasteiger partial charge in [-0.25, -0.2) is 4.79 Å². The lowest BCUT2D eigenvalue weighted by molar-refractivity contribution is -0.139. The number of hydrogen-bond donors (Lipinski definition) is 1. The highest BCUT2D eigenvalue weighted by Crippen LogP contribution is 2.30. The van der Waals surface area contributed by atoms with Gasteiger partial charge in [0.2, 0.25) is 0 Å². The zero-order valence-electron chi connectivity index (χ0n) is 14.9. The van der Waals surface area contributed by atoms with Gasteiger partial charge in [-0.15, -0.1) is 0 Å². The molecule has 1 aliphatic heterocycles. The highest BCUT2D eigenvalue weighted by Gasteiger charge is 2.33. The highest BCUT2D eigenvalue weighted by atomic mass is 16.5. The molecule has 0 aromatic heterocycles. The van der Waals surface area contributed by atoms with Gasteiger partial charge in [0.05, 0.1) is 18.8 Å². The van der Waals surface area contributed by atoms with Gasteiger partial charge in [0.25, 0.3) is 5.91 Å². The fraction of sp³-hybridized carbons (Fsp3) is 0.556. The van der Waals surface area contributed by atoms with E-state index in [1.165, 1.54) is 0 Å². The highest BCUT2D eigenvalue weighted by molar-refractivity contribution is 5.95. The molecular formula is C18H25NO6. The molecule has 1 atom stereocenters. The second kappa shape index (κ2) is 8.20. The summed E-state index contributed by atoms with van der Waals surface area (Å²) in [6, 6.07) is 4.79. The Morgan fingerprint density at radius 3 is 2.68 bits per heavy atom. The molecule has 1 aromatic carbocycles. The number of carboxylic acids is 1. The van der Waals surface area contributed by atoms with Crippen molar-refractivity contribution >= 4 is 11.9 Å². The zero-order chi connectivity index (χ0) is 18.4. The number of benzene rings is 1. The van der Waals surface area contributed by atoms with Crippen LogP contribution in [-0.4, -0.2) is 60.4 Å². The van der Waals surface area contributed by atoms with E-state index >= 15 is 0 Å². The lowest BCUT2D eigenvalue weighted by Crippen LogP contribution is -2.51. The van der Waals surface area contributed by atoms with E-state index in [4.69, 9.17) is 19.3 Å². The molecule has 1 heterocycles. The van der Waals surface area contributed by atoms with Crippen molar-refractivity contribution in [3.63, 3.8) is 0 Å². The number of morpholine rings is 1. The quantitative estimate of drug-likeness (QED) is 0.810. The van der Waals surface area contributed by atoms with Crippen LogP contribution in [0.3, 0.4) is 0 Å². The third kappa shape index (κ3) is 4.85. The summed E-state index contributed by atoms with van der Waals surface area (Å²) in [5.41, 5.74) is 0.146. The molecule has 7 nitrogen and oxygen atoms in total. The molecule has 1 aromatic rings.